The maximum absolute atomic E-state index is 8.71. The first kappa shape index (κ1) is 19.6. The van der Waals surface area contributed by atoms with E-state index in [4.69, 9.17) is 13.7 Å². The van der Waals surface area contributed by atoms with Crippen LogP contribution in [0, 0.1) is 26.3 Å². The van der Waals surface area contributed by atoms with Gasteiger partial charge in [0, 0.05) is 32.6 Å². The first-order valence-corrected chi connectivity index (χ1v) is 11.6. The number of pyridine rings is 1. The van der Waals surface area contributed by atoms with Crippen molar-refractivity contribution < 1.29 is 11.7 Å². The largest absolute Gasteiger partial charge is 0.456 e. The van der Waals surface area contributed by atoms with Crippen molar-refractivity contribution >= 4 is 27.6 Å². The Hall–Kier alpha value is -3.90. The van der Waals surface area contributed by atoms with E-state index in [0.717, 1.165) is 50.0 Å². The number of hydrogen-bond donors (Lipinski definition) is 0. The SMILES string of the molecule is [2H]C([2H])(c1cc(C)[n+](C)c(-c2c(C)ccc3c2oc2cc([N+]#[C-])c(-c4ccccc4)cc23)c1)C(C)C. The normalized spacial score (nSPS) is 12.7. The fourth-order valence-electron chi connectivity index (χ4n) is 4.69. The van der Waals surface area contributed by atoms with Crippen molar-refractivity contribution in [3.8, 4) is 22.4 Å². The number of fused-ring (bicyclic) bond motifs is 3. The molecular weight excluding hydrogens is 416 g/mol. The molecule has 0 spiro atoms. The summed E-state index contributed by atoms with van der Waals surface area (Å²) < 4.78 is 26.0. The van der Waals surface area contributed by atoms with Gasteiger partial charge < -0.3 is 4.42 Å². The first-order chi connectivity index (χ1) is 17.1. The van der Waals surface area contributed by atoms with Crippen LogP contribution >= 0.6 is 0 Å². The van der Waals surface area contributed by atoms with Gasteiger partial charge in [0.25, 0.3) is 0 Å². The molecule has 0 aliphatic carbocycles. The lowest BCUT2D eigenvalue weighted by Crippen LogP contribution is -2.35. The highest BCUT2D eigenvalue weighted by atomic mass is 16.3. The summed E-state index contributed by atoms with van der Waals surface area (Å²) in [5.41, 5.74) is 8.41. The summed E-state index contributed by atoms with van der Waals surface area (Å²) in [6.07, 6.45) is -1.46. The second-order valence-electron chi connectivity index (χ2n) is 9.21. The summed E-state index contributed by atoms with van der Waals surface area (Å²) in [6, 6.07) is 21.9. The van der Waals surface area contributed by atoms with Gasteiger partial charge in [0.2, 0.25) is 5.69 Å². The molecule has 5 aromatic rings. The van der Waals surface area contributed by atoms with Crippen LogP contribution in [0.4, 0.5) is 5.69 Å². The van der Waals surface area contributed by atoms with Gasteiger partial charge in [-0.1, -0.05) is 62.4 Å². The topological polar surface area (TPSA) is 21.4 Å². The van der Waals surface area contributed by atoms with Gasteiger partial charge in [-0.15, -0.1) is 0 Å². The Labute approximate surface area is 203 Å². The van der Waals surface area contributed by atoms with Gasteiger partial charge in [0.15, 0.2) is 11.4 Å². The summed E-state index contributed by atoms with van der Waals surface area (Å²) in [7, 11) is 2.00. The van der Waals surface area contributed by atoms with E-state index in [1.165, 1.54) is 0 Å². The van der Waals surface area contributed by atoms with E-state index in [9.17, 15) is 0 Å². The number of rotatable bonds is 4. The quantitative estimate of drug-likeness (QED) is 0.201. The molecule has 0 saturated heterocycles. The predicted octanol–water partition coefficient (Wildman–Crippen LogP) is 8.11. The zero-order chi connectivity index (χ0) is 25.8. The highest BCUT2D eigenvalue weighted by molar-refractivity contribution is 6.12. The third-order valence-electron chi connectivity index (χ3n) is 6.43. The van der Waals surface area contributed by atoms with Crippen LogP contribution in [-0.2, 0) is 13.4 Å². The highest BCUT2D eigenvalue weighted by Crippen LogP contribution is 2.42. The van der Waals surface area contributed by atoms with Gasteiger partial charge in [-0.25, -0.2) is 4.85 Å². The Morgan fingerprint density at radius 2 is 1.76 bits per heavy atom. The summed E-state index contributed by atoms with van der Waals surface area (Å²) >= 11 is 0. The standard InChI is InChI=1S/C31H29N2O/c1-19(2)14-22-15-21(4)33(6)28(16-22)30-20(3)12-13-24-26-17-25(23-10-8-7-9-11-23)27(32-5)18-29(26)34-31(24)30/h7-13,15-19H,14H2,1-4,6H3/q+1/i14D2. The lowest BCUT2D eigenvalue weighted by atomic mass is 9.96. The summed E-state index contributed by atoms with van der Waals surface area (Å²) in [4.78, 5) is 3.79. The number of aryl methyl sites for hydroxylation is 2. The average Bonchev–Trinajstić information content (AvgIpc) is 3.22. The molecule has 3 heteroatoms. The predicted molar refractivity (Wildman–Crippen MR) is 140 cm³/mol. The van der Waals surface area contributed by atoms with Gasteiger partial charge in [-0.2, -0.15) is 4.57 Å². The van der Waals surface area contributed by atoms with E-state index < -0.39 is 6.37 Å². The van der Waals surface area contributed by atoms with Crippen LogP contribution in [0.25, 0.3) is 49.2 Å². The molecule has 0 N–H and O–H groups in total. The fraction of sp³-hybridized carbons (Fsp3) is 0.226. The zero-order valence-electron chi connectivity index (χ0n) is 22.2. The maximum atomic E-state index is 8.71. The van der Waals surface area contributed by atoms with Crippen molar-refractivity contribution in [3.05, 3.63) is 95.0 Å². The van der Waals surface area contributed by atoms with Crippen molar-refractivity contribution in [2.75, 3.05) is 0 Å². The van der Waals surface area contributed by atoms with Crippen molar-refractivity contribution in [1.82, 2.24) is 0 Å². The average molecular weight is 448 g/mol. The van der Waals surface area contributed by atoms with Crippen LogP contribution in [-0.4, -0.2) is 0 Å². The number of furan rings is 1. The molecule has 0 atom stereocenters. The molecule has 0 saturated carbocycles. The van der Waals surface area contributed by atoms with Crippen molar-refractivity contribution in [1.29, 1.82) is 0 Å². The minimum atomic E-state index is -1.46. The van der Waals surface area contributed by atoms with Gasteiger partial charge >= 0.3 is 0 Å². The van der Waals surface area contributed by atoms with Gasteiger partial charge in [-0.3, -0.25) is 0 Å². The Balaban J connectivity index is 1.83. The lowest BCUT2D eigenvalue weighted by Gasteiger charge is -2.11. The number of benzene rings is 3. The molecule has 5 rings (SSSR count). The molecular formula is C31H29N2O+. The third-order valence-corrected chi connectivity index (χ3v) is 6.43. The molecule has 3 nitrogen and oxygen atoms in total. The van der Waals surface area contributed by atoms with E-state index >= 15 is 0 Å². The Bertz CT molecular complexity index is 1680. The number of aromatic nitrogens is 1. The molecule has 0 unspecified atom stereocenters. The van der Waals surface area contributed by atoms with E-state index in [0.29, 0.717) is 16.8 Å². The molecule has 168 valence electrons. The summed E-state index contributed by atoms with van der Waals surface area (Å²) in [6.45, 7) is 15.6. The molecule has 0 fully saturated rings. The number of nitrogens with zero attached hydrogens (tertiary/aromatic N) is 2. The zero-order valence-corrected chi connectivity index (χ0v) is 20.2. The van der Waals surface area contributed by atoms with Crippen LogP contribution in [0.3, 0.4) is 0 Å². The van der Waals surface area contributed by atoms with Crippen LogP contribution in [0.15, 0.2) is 71.1 Å². The highest BCUT2D eigenvalue weighted by Gasteiger charge is 2.23. The van der Waals surface area contributed by atoms with Crippen molar-refractivity contribution in [3.63, 3.8) is 0 Å². The second kappa shape index (κ2) is 8.47. The second-order valence-corrected chi connectivity index (χ2v) is 9.21. The monoisotopic (exact) mass is 447 g/mol. The van der Waals surface area contributed by atoms with Gasteiger partial charge in [-0.05, 0) is 47.5 Å². The molecule has 0 aliphatic heterocycles. The number of hydrogen-bond acceptors (Lipinski definition) is 1. The molecule has 0 bridgehead atoms. The van der Waals surface area contributed by atoms with Crippen molar-refractivity contribution in [2.24, 2.45) is 13.0 Å². The summed E-state index contributed by atoms with van der Waals surface area (Å²) in [5, 5.41) is 1.94. The molecule has 0 aliphatic rings. The minimum absolute atomic E-state index is 0.163. The summed E-state index contributed by atoms with van der Waals surface area (Å²) in [5.74, 6) is -0.163. The molecule has 2 aromatic heterocycles. The van der Waals surface area contributed by atoms with E-state index in [1.54, 1.807) is 0 Å². The van der Waals surface area contributed by atoms with E-state index in [1.807, 2.05) is 76.3 Å². The third kappa shape index (κ3) is 3.66. The first-order valence-electron chi connectivity index (χ1n) is 12.6. The smallest absolute Gasteiger partial charge is 0.216 e. The fourth-order valence-corrected chi connectivity index (χ4v) is 4.69. The molecule has 0 radical (unpaired) electrons. The Morgan fingerprint density at radius 3 is 2.47 bits per heavy atom. The van der Waals surface area contributed by atoms with E-state index in [2.05, 4.69) is 34.5 Å². The van der Waals surface area contributed by atoms with E-state index in [-0.39, 0.29) is 5.92 Å². The van der Waals surface area contributed by atoms with Gasteiger partial charge in [0.05, 0.1) is 12.1 Å². The molecule has 3 aromatic carbocycles. The Morgan fingerprint density at radius 1 is 1.00 bits per heavy atom. The molecule has 2 heterocycles. The lowest BCUT2D eigenvalue weighted by molar-refractivity contribution is -0.666. The van der Waals surface area contributed by atoms with Crippen molar-refractivity contribution in [2.45, 2.75) is 34.1 Å². The maximum Gasteiger partial charge on any atom is 0.216 e. The van der Waals surface area contributed by atoms with Crippen LogP contribution in [0.1, 0.15) is 33.4 Å². The van der Waals surface area contributed by atoms with Gasteiger partial charge in [0.1, 0.15) is 18.2 Å². The van der Waals surface area contributed by atoms with Crippen LogP contribution in [0.5, 0.6) is 0 Å². The minimum Gasteiger partial charge on any atom is -0.456 e. The Kier molecular flexibility index (Phi) is 4.87. The molecule has 34 heavy (non-hydrogen) atoms. The van der Waals surface area contributed by atoms with Crippen LogP contribution < -0.4 is 4.57 Å². The van der Waals surface area contributed by atoms with Crippen LogP contribution in [0.2, 0.25) is 0 Å². The molecule has 0 amide bonds.